The standard InChI is InChI=1S/C25H28N4O4/c1-16(2)19-9-11-20(12-10-19)29-25(32)28(15-18-5-4-6-21(13-18)33-3)24(31)22(27-29)23(30)26-14-17-7-8-17/h4-6,9-13,16-17H,7-8,14-15H2,1-3H3,(H,26,30). The lowest BCUT2D eigenvalue weighted by atomic mass is 10.0. The van der Waals surface area contributed by atoms with Gasteiger partial charge in [-0.05, 0) is 60.1 Å². The number of benzene rings is 2. The van der Waals surface area contributed by atoms with Gasteiger partial charge >= 0.3 is 5.69 Å². The molecule has 2 aromatic carbocycles. The van der Waals surface area contributed by atoms with Gasteiger partial charge in [-0.25, -0.2) is 4.79 Å². The van der Waals surface area contributed by atoms with E-state index in [0.29, 0.717) is 35.4 Å². The lowest BCUT2D eigenvalue weighted by Crippen LogP contribution is -2.46. The maximum atomic E-state index is 13.3. The van der Waals surface area contributed by atoms with Crippen molar-refractivity contribution in [2.75, 3.05) is 13.7 Å². The van der Waals surface area contributed by atoms with Crippen molar-refractivity contribution in [2.45, 2.75) is 39.2 Å². The Kier molecular flexibility index (Phi) is 6.44. The molecule has 0 unspecified atom stereocenters. The maximum Gasteiger partial charge on any atom is 0.352 e. The van der Waals surface area contributed by atoms with E-state index in [9.17, 15) is 14.4 Å². The number of hydrogen-bond donors (Lipinski definition) is 1. The number of ether oxygens (including phenoxy) is 1. The first-order chi connectivity index (χ1) is 15.9. The highest BCUT2D eigenvalue weighted by Gasteiger charge is 2.25. The molecule has 0 aliphatic heterocycles. The van der Waals surface area contributed by atoms with Crippen LogP contribution in [0.1, 0.15) is 54.2 Å². The van der Waals surface area contributed by atoms with Crippen LogP contribution in [-0.4, -0.2) is 33.9 Å². The summed E-state index contributed by atoms with van der Waals surface area (Å²) in [5, 5.41) is 6.97. The van der Waals surface area contributed by atoms with E-state index in [-0.39, 0.29) is 12.2 Å². The molecule has 0 bridgehead atoms. The van der Waals surface area contributed by atoms with E-state index in [1.165, 1.54) is 0 Å². The van der Waals surface area contributed by atoms with Crippen molar-refractivity contribution in [3.8, 4) is 11.4 Å². The summed E-state index contributed by atoms with van der Waals surface area (Å²) in [6.07, 6.45) is 2.13. The molecule has 8 nitrogen and oxygen atoms in total. The summed E-state index contributed by atoms with van der Waals surface area (Å²) >= 11 is 0. The molecular weight excluding hydrogens is 420 g/mol. The van der Waals surface area contributed by atoms with Gasteiger partial charge in [0, 0.05) is 6.54 Å². The Morgan fingerprint density at radius 2 is 1.88 bits per heavy atom. The number of rotatable bonds is 8. The van der Waals surface area contributed by atoms with E-state index in [0.717, 1.165) is 27.7 Å². The zero-order valence-electron chi connectivity index (χ0n) is 19.1. The van der Waals surface area contributed by atoms with Crippen LogP contribution in [-0.2, 0) is 6.54 Å². The first-order valence-electron chi connectivity index (χ1n) is 11.1. The molecule has 1 aliphatic carbocycles. The Hall–Kier alpha value is -3.68. The molecule has 1 heterocycles. The summed E-state index contributed by atoms with van der Waals surface area (Å²) in [6.45, 7) is 4.65. The number of hydrogen-bond acceptors (Lipinski definition) is 5. The SMILES string of the molecule is COc1cccc(Cn2c(=O)c(C(=O)NCC3CC3)nn(-c3ccc(C(C)C)cc3)c2=O)c1. The van der Waals surface area contributed by atoms with Gasteiger partial charge in [-0.2, -0.15) is 9.78 Å². The average Bonchev–Trinajstić information content (AvgIpc) is 3.65. The third-order valence-electron chi connectivity index (χ3n) is 5.80. The van der Waals surface area contributed by atoms with Gasteiger partial charge in [0.2, 0.25) is 5.69 Å². The summed E-state index contributed by atoms with van der Waals surface area (Å²) in [5.74, 6) is 0.817. The van der Waals surface area contributed by atoms with Crippen LogP contribution in [0.15, 0.2) is 58.1 Å². The van der Waals surface area contributed by atoms with Crippen molar-refractivity contribution >= 4 is 5.91 Å². The lowest BCUT2D eigenvalue weighted by Gasteiger charge is -2.13. The molecule has 0 saturated heterocycles. The molecule has 3 aromatic rings. The second-order valence-electron chi connectivity index (χ2n) is 8.69. The molecule has 33 heavy (non-hydrogen) atoms. The number of nitrogens with one attached hydrogen (secondary N) is 1. The zero-order valence-corrected chi connectivity index (χ0v) is 19.1. The van der Waals surface area contributed by atoms with Gasteiger partial charge in [0.25, 0.3) is 11.5 Å². The van der Waals surface area contributed by atoms with Crippen molar-refractivity contribution in [2.24, 2.45) is 5.92 Å². The van der Waals surface area contributed by atoms with Gasteiger partial charge in [0.1, 0.15) is 5.75 Å². The third-order valence-corrected chi connectivity index (χ3v) is 5.80. The van der Waals surface area contributed by atoms with Crippen LogP contribution in [0.5, 0.6) is 5.75 Å². The van der Waals surface area contributed by atoms with Crippen molar-refractivity contribution in [3.05, 3.63) is 86.2 Å². The summed E-state index contributed by atoms with van der Waals surface area (Å²) < 4.78 is 7.42. The molecule has 8 heteroatoms. The van der Waals surface area contributed by atoms with Crippen molar-refractivity contribution in [1.82, 2.24) is 19.7 Å². The van der Waals surface area contributed by atoms with Gasteiger partial charge in [-0.1, -0.05) is 38.1 Å². The minimum Gasteiger partial charge on any atom is -0.497 e. The van der Waals surface area contributed by atoms with Crippen LogP contribution in [0.3, 0.4) is 0 Å². The summed E-state index contributed by atoms with van der Waals surface area (Å²) in [4.78, 5) is 39.3. The van der Waals surface area contributed by atoms with Gasteiger partial charge < -0.3 is 10.1 Å². The van der Waals surface area contributed by atoms with Gasteiger partial charge in [-0.15, -0.1) is 0 Å². The third kappa shape index (κ3) is 5.05. The van der Waals surface area contributed by atoms with E-state index in [1.54, 1.807) is 43.5 Å². The Morgan fingerprint density at radius 3 is 2.52 bits per heavy atom. The van der Waals surface area contributed by atoms with Crippen molar-refractivity contribution in [3.63, 3.8) is 0 Å². The molecule has 0 atom stereocenters. The van der Waals surface area contributed by atoms with Crippen LogP contribution in [0.2, 0.25) is 0 Å². The molecule has 0 radical (unpaired) electrons. The lowest BCUT2D eigenvalue weighted by molar-refractivity contribution is 0.0942. The number of methoxy groups -OCH3 is 1. The van der Waals surface area contributed by atoms with E-state index in [2.05, 4.69) is 24.3 Å². The largest absolute Gasteiger partial charge is 0.497 e. The Morgan fingerprint density at radius 1 is 1.15 bits per heavy atom. The molecule has 1 aromatic heterocycles. The van der Waals surface area contributed by atoms with Crippen LogP contribution >= 0.6 is 0 Å². The number of nitrogens with zero attached hydrogens (tertiary/aromatic N) is 3. The topological polar surface area (TPSA) is 95.2 Å². The molecule has 0 spiro atoms. The highest BCUT2D eigenvalue weighted by Crippen LogP contribution is 2.27. The van der Waals surface area contributed by atoms with Crippen molar-refractivity contribution in [1.29, 1.82) is 0 Å². The Bertz CT molecular complexity index is 1270. The van der Waals surface area contributed by atoms with Crippen LogP contribution < -0.4 is 21.3 Å². The molecule has 1 saturated carbocycles. The molecule has 4 rings (SSSR count). The smallest absolute Gasteiger partial charge is 0.352 e. The van der Waals surface area contributed by atoms with Crippen LogP contribution in [0.4, 0.5) is 0 Å². The minimum atomic E-state index is -0.717. The highest BCUT2D eigenvalue weighted by molar-refractivity contribution is 5.91. The number of amides is 1. The second kappa shape index (κ2) is 9.44. The van der Waals surface area contributed by atoms with Crippen molar-refractivity contribution < 1.29 is 9.53 Å². The molecule has 1 fully saturated rings. The fourth-order valence-corrected chi connectivity index (χ4v) is 3.56. The Balaban J connectivity index is 1.80. The normalized spacial score (nSPS) is 13.2. The number of aromatic nitrogens is 3. The summed E-state index contributed by atoms with van der Waals surface area (Å²) in [7, 11) is 1.55. The average molecular weight is 449 g/mol. The van der Waals surface area contributed by atoms with Crippen LogP contribution in [0.25, 0.3) is 5.69 Å². The van der Waals surface area contributed by atoms with Crippen LogP contribution in [0, 0.1) is 5.92 Å². The zero-order chi connectivity index (χ0) is 23.5. The first kappa shape index (κ1) is 22.5. The predicted molar refractivity (Wildman–Crippen MR) is 125 cm³/mol. The minimum absolute atomic E-state index is 0.00955. The maximum absolute atomic E-state index is 13.3. The quantitative estimate of drug-likeness (QED) is 0.572. The number of carbonyl (C=O) groups is 1. The molecule has 172 valence electrons. The van der Waals surface area contributed by atoms with E-state index in [1.807, 2.05) is 12.1 Å². The molecule has 1 N–H and O–H groups in total. The molecule has 1 aliphatic rings. The van der Waals surface area contributed by atoms with Gasteiger partial charge in [0.05, 0.1) is 19.3 Å². The first-order valence-corrected chi connectivity index (χ1v) is 11.1. The van der Waals surface area contributed by atoms with Gasteiger partial charge in [-0.3, -0.25) is 14.2 Å². The van der Waals surface area contributed by atoms with E-state index in [4.69, 9.17) is 4.74 Å². The molecule has 1 amide bonds. The second-order valence-corrected chi connectivity index (χ2v) is 8.69. The summed E-state index contributed by atoms with van der Waals surface area (Å²) in [5.41, 5.74) is 0.667. The van der Waals surface area contributed by atoms with E-state index >= 15 is 0 Å². The monoisotopic (exact) mass is 448 g/mol. The fourth-order valence-electron chi connectivity index (χ4n) is 3.56. The molecular formula is C25H28N4O4. The fraction of sp³-hybridized carbons (Fsp3) is 0.360. The summed E-state index contributed by atoms with van der Waals surface area (Å²) in [6, 6.07) is 14.5. The Labute approximate surface area is 191 Å². The van der Waals surface area contributed by atoms with E-state index < -0.39 is 17.2 Å². The number of carbonyl (C=O) groups excluding carboxylic acids is 1. The highest BCUT2D eigenvalue weighted by atomic mass is 16.5. The van der Waals surface area contributed by atoms with Gasteiger partial charge in [0.15, 0.2) is 0 Å². The predicted octanol–water partition coefficient (Wildman–Crippen LogP) is 2.71.